The van der Waals surface area contributed by atoms with Crippen molar-refractivity contribution >= 4 is 11.9 Å². The van der Waals surface area contributed by atoms with Crippen LogP contribution < -0.4 is 23.8 Å². The third-order valence-electron chi connectivity index (χ3n) is 5.68. The Labute approximate surface area is 175 Å². The lowest BCUT2D eigenvalue weighted by Gasteiger charge is -2.15. The van der Waals surface area contributed by atoms with Crippen molar-refractivity contribution in [2.75, 3.05) is 34.4 Å². The molecule has 0 spiro atoms. The summed E-state index contributed by atoms with van der Waals surface area (Å²) in [7, 11) is 4.64. The summed E-state index contributed by atoms with van der Waals surface area (Å²) in [4.78, 5) is 14.4. The number of methoxy groups -OCH3 is 3. The van der Waals surface area contributed by atoms with Crippen LogP contribution in [0.3, 0.4) is 0 Å². The average Bonchev–Trinajstić information content (AvgIpc) is 3.38. The maximum Gasteiger partial charge on any atom is 0.231 e. The summed E-state index contributed by atoms with van der Waals surface area (Å²) in [6, 6.07) is 6.62. The minimum absolute atomic E-state index is 0.158. The Balaban J connectivity index is 1.71. The number of carbonyl (C=O) groups excluding carboxylic acids is 1. The molecule has 0 unspecified atom stereocenters. The second-order valence-electron chi connectivity index (χ2n) is 7.46. The highest BCUT2D eigenvalue weighted by Crippen LogP contribution is 2.41. The quantitative estimate of drug-likeness (QED) is 0.709. The minimum Gasteiger partial charge on any atom is -0.507 e. The van der Waals surface area contributed by atoms with Crippen LogP contribution in [0.2, 0.25) is 0 Å². The molecule has 1 saturated heterocycles. The summed E-state index contributed by atoms with van der Waals surface area (Å²) >= 11 is 0. The molecule has 30 heavy (non-hydrogen) atoms. The van der Waals surface area contributed by atoms with Crippen LogP contribution in [0.4, 0.5) is 0 Å². The molecule has 2 N–H and O–H groups in total. The molecule has 4 rings (SSSR count). The Kier molecular flexibility index (Phi) is 5.55. The average molecular weight is 412 g/mol. The molecule has 0 bridgehead atoms. The van der Waals surface area contributed by atoms with Crippen LogP contribution in [0.5, 0.6) is 28.7 Å². The zero-order valence-electron chi connectivity index (χ0n) is 17.4. The number of phenols is 1. The fourth-order valence-electron chi connectivity index (χ4n) is 4.08. The lowest BCUT2D eigenvalue weighted by atomic mass is 10.0. The van der Waals surface area contributed by atoms with Gasteiger partial charge in [0, 0.05) is 24.5 Å². The molecule has 0 aromatic heterocycles. The molecule has 1 fully saturated rings. The molecule has 158 valence electrons. The first-order chi connectivity index (χ1) is 14.5. The Morgan fingerprint density at radius 2 is 1.70 bits per heavy atom. The highest BCUT2D eigenvalue weighted by molar-refractivity contribution is 6.15. The number of allylic oxidation sites excluding steroid dienone is 1. The number of ether oxygens (including phenoxy) is 4. The van der Waals surface area contributed by atoms with Crippen LogP contribution in [0.25, 0.3) is 6.08 Å². The number of nitrogens with one attached hydrogen (secondary N) is 1. The van der Waals surface area contributed by atoms with Crippen LogP contribution in [-0.4, -0.2) is 45.3 Å². The zero-order valence-corrected chi connectivity index (χ0v) is 17.4. The molecule has 0 aliphatic carbocycles. The van der Waals surface area contributed by atoms with E-state index in [4.69, 9.17) is 18.9 Å². The molecule has 2 aliphatic heterocycles. The monoisotopic (exact) mass is 412 g/mol. The van der Waals surface area contributed by atoms with Gasteiger partial charge in [-0.1, -0.05) is 0 Å². The maximum absolute atomic E-state index is 13.0. The van der Waals surface area contributed by atoms with Gasteiger partial charge in [-0.2, -0.15) is 0 Å². The number of hydrogen-bond acceptors (Lipinski definition) is 6. The van der Waals surface area contributed by atoms with Gasteiger partial charge >= 0.3 is 0 Å². The number of carbonyl (C=O) groups is 1. The van der Waals surface area contributed by atoms with Gasteiger partial charge in [0.25, 0.3) is 0 Å². The summed E-state index contributed by atoms with van der Waals surface area (Å²) in [6.07, 6.45) is 3.98. The van der Waals surface area contributed by atoms with Gasteiger partial charge in [-0.15, -0.1) is 0 Å². The molecule has 2 aromatic carbocycles. The molecule has 2 aliphatic rings. The second-order valence-corrected chi connectivity index (χ2v) is 7.46. The van der Waals surface area contributed by atoms with Gasteiger partial charge < -0.3 is 29.0 Å². The van der Waals surface area contributed by atoms with Crippen molar-refractivity contribution in [2.24, 2.45) is 0 Å². The standard InChI is InChI=1S/C23H25NO6/c1-27-18-12-20(29-3)19(28-2)10-14(18)11-21-22(26)15-6-7-17(25)16(23(15)30-21)13-24-8-4-5-9-24/h6-7,10-12,25H,4-5,8-9,13H2,1-3H3/p+1/b21-11+. The third kappa shape index (κ3) is 3.57. The molecule has 0 atom stereocenters. The Morgan fingerprint density at radius 1 is 1.03 bits per heavy atom. The van der Waals surface area contributed by atoms with Gasteiger partial charge in [-0.3, -0.25) is 4.79 Å². The van der Waals surface area contributed by atoms with Crippen molar-refractivity contribution in [1.82, 2.24) is 0 Å². The highest BCUT2D eigenvalue weighted by Gasteiger charge is 2.33. The van der Waals surface area contributed by atoms with Crippen LogP contribution in [0, 0.1) is 0 Å². The number of phenolic OH excluding ortho intramolecular Hbond substituents is 1. The van der Waals surface area contributed by atoms with Gasteiger partial charge in [0.15, 0.2) is 23.0 Å². The van der Waals surface area contributed by atoms with Crippen LogP contribution in [0.1, 0.15) is 34.3 Å². The SMILES string of the molecule is COc1cc(OC)c(OC)cc1/C=C1/Oc2c(ccc(O)c2C[NH+]2CCCC2)C1=O. The number of aromatic hydroxyl groups is 1. The van der Waals surface area contributed by atoms with E-state index in [-0.39, 0.29) is 17.3 Å². The molecule has 2 aromatic rings. The Morgan fingerprint density at radius 3 is 2.37 bits per heavy atom. The number of benzene rings is 2. The lowest BCUT2D eigenvalue weighted by molar-refractivity contribution is -0.901. The van der Waals surface area contributed by atoms with Crippen LogP contribution in [0.15, 0.2) is 30.0 Å². The highest BCUT2D eigenvalue weighted by atomic mass is 16.5. The van der Waals surface area contributed by atoms with Crippen molar-refractivity contribution in [3.63, 3.8) is 0 Å². The van der Waals surface area contributed by atoms with E-state index in [1.54, 1.807) is 51.7 Å². The van der Waals surface area contributed by atoms with E-state index < -0.39 is 0 Å². The van der Waals surface area contributed by atoms with Crippen molar-refractivity contribution in [2.45, 2.75) is 19.4 Å². The largest absolute Gasteiger partial charge is 0.507 e. The molecule has 7 heteroatoms. The molecule has 0 radical (unpaired) electrons. The van der Waals surface area contributed by atoms with Gasteiger partial charge in [0.1, 0.15) is 18.0 Å². The molecule has 0 amide bonds. The first-order valence-electron chi connectivity index (χ1n) is 9.98. The predicted octanol–water partition coefficient (Wildman–Crippen LogP) is 2.21. The Hall–Kier alpha value is -3.19. The Bertz CT molecular complexity index is 1010. The first kappa shape index (κ1) is 20.1. The number of likely N-dealkylation sites (tertiary alicyclic amines) is 1. The van der Waals surface area contributed by atoms with E-state index in [1.807, 2.05) is 0 Å². The first-order valence-corrected chi connectivity index (χ1v) is 9.98. The lowest BCUT2D eigenvalue weighted by Crippen LogP contribution is -3.08. The number of ketones is 1. The van der Waals surface area contributed by atoms with Crippen molar-refractivity contribution in [3.8, 4) is 28.7 Å². The smallest absolute Gasteiger partial charge is 0.231 e. The number of quaternary nitrogens is 1. The maximum atomic E-state index is 13.0. The minimum atomic E-state index is -0.223. The number of rotatable bonds is 6. The van der Waals surface area contributed by atoms with Gasteiger partial charge in [0.2, 0.25) is 5.78 Å². The molecule has 0 saturated carbocycles. The predicted molar refractivity (Wildman–Crippen MR) is 111 cm³/mol. The van der Waals surface area contributed by atoms with Crippen molar-refractivity contribution in [1.29, 1.82) is 0 Å². The number of hydrogen-bond donors (Lipinski definition) is 2. The van der Waals surface area contributed by atoms with E-state index in [0.29, 0.717) is 46.2 Å². The summed E-state index contributed by atoms with van der Waals surface area (Å²) in [5, 5.41) is 10.4. The summed E-state index contributed by atoms with van der Waals surface area (Å²) in [6.45, 7) is 2.75. The third-order valence-corrected chi connectivity index (χ3v) is 5.68. The summed E-state index contributed by atoms with van der Waals surface area (Å²) in [5.74, 6) is 2.13. The van der Waals surface area contributed by atoms with E-state index in [9.17, 15) is 9.90 Å². The second kappa shape index (κ2) is 8.28. The zero-order chi connectivity index (χ0) is 21.3. The fraction of sp³-hybridized carbons (Fsp3) is 0.348. The van der Waals surface area contributed by atoms with E-state index >= 15 is 0 Å². The summed E-state index contributed by atoms with van der Waals surface area (Å²) in [5.41, 5.74) is 1.77. The molecular weight excluding hydrogens is 386 g/mol. The molecular formula is C23H26NO6+. The molecule has 7 nitrogen and oxygen atoms in total. The van der Waals surface area contributed by atoms with Crippen LogP contribution in [-0.2, 0) is 6.54 Å². The van der Waals surface area contributed by atoms with Crippen LogP contribution >= 0.6 is 0 Å². The normalized spacial score (nSPS) is 17.2. The van der Waals surface area contributed by atoms with Crippen molar-refractivity contribution < 1.29 is 33.7 Å². The van der Waals surface area contributed by atoms with Gasteiger partial charge in [-0.05, 0) is 24.3 Å². The van der Waals surface area contributed by atoms with E-state index in [2.05, 4.69) is 0 Å². The van der Waals surface area contributed by atoms with Gasteiger partial charge in [0.05, 0.1) is 45.5 Å². The fourth-order valence-corrected chi connectivity index (χ4v) is 4.08. The molecule has 2 heterocycles. The summed E-state index contributed by atoms with van der Waals surface area (Å²) < 4.78 is 22.1. The van der Waals surface area contributed by atoms with E-state index in [1.165, 1.54) is 17.7 Å². The van der Waals surface area contributed by atoms with Gasteiger partial charge in [-0.25, -0.2) is 0 Å². The topological polar surface area (TPSA) is 78.7 Å². The van der Waals surface area contributed by atoms with Crippen molar-refractivity contribution in [3.05, 3.63) is 46.7 Å². The van der Waals surface area contributed by atoms with E-state index in [0.717, 1.165) is 13.1 Å². The number of Topliss-reactive ketones (excluding diaryl/α,β-unsaturated/α-hetero) is 1. The number of fused-ring (bicyclic) bond motifs is 1.